The van der Waals surface area contributed by atoms with Gasteiger partial charge in [-0.1, -0.05) is 18.3 Å². The first kappa shape index (κ1) is 17.0. The third kappa shape index (κ3) is 3.41. The molecule has 3 heterocycles. The molecule has 2 aromatic heterocycles. The first-order valence-corrected chi connectivity index (χ1v) is 9.51. The topological polar surface area (TPSA) is 59.7 Å². The lowest BCUT2D eigenvalue weighted by Gasteiger charge is -2.31. The Morgan fingerprint density at radius 3 is 2.69 bits per heavy atom. The number of aromatic nitrogens is 3. The summed E-state index contributed by atoms with van der Waals surface area (Å²) in [7, 11) is 0. The van der Waals surface area contributed by atoms with Crippen LogP contribution in [0.5, 0.6) is 5.75 Å². The Morgan fingerprint density at radius 2 is 2.00 bits per heavy atom. The van der Waals surface area contributed by atoms with Crippen molar-refractivity contribution in [3.05, 3.63) is 52.2 Å². The fourth-order valence-corrected chi connectivity index (χ4v) is 4.00. The summed E-state index contributed by atoms with van der Waals surface area (Å²) in [6.07, 6.45) is 2.51. The molecule has 1 fully saturated rings. The fraction of sp³-hybridized carbons (Fsp3) is 0.389. The van der Waals surface area contributed by atoms with Gasteiger partial charge in [0.2, 0.25) is 10.1 Å². The molecule has 0 spiro atoms. The zero-order valence-electron chi connectivity index (χ0n) is 14.4. The lowest BCUT2D eigenvalue weighted by Crippen LogP contribution is -2.38. The van der Waals surface area contributed by atoms with Crippen molar-refractivity contribution in [3.63, 3.8) is 0 Å². The van der Waals surface area contributed by atoms with Crippen LogP contribution >= 0.6 is 11.3 Å². The summed E-state index contributed by atoms with van der Waals surface area (Å²) in [6.45, 7) is 3.56. The quantitative estimate of drug-likeness (QED) is 0.703. The molecule has 26 heavy (non-hydrogen) atoms. The lowest BCUT2D eigenvalue weighted by molar-refractivity contribution is 0.170. The van der Waals surface area contributed by atoms with Crippen molar-refractivity contribution < 1.29 is 9.13 Å². The van der Waals surface area contributed by atoms with Crippen LogP contribution in [0.3, 0.4) is 0 Å². The minimum Gasteiger partial charge on any atom is -0.490 e. The van der Waals surface area contributed by atoms with E-state index in [1.54, 1.807) is 18.2 Å². The highest BCUT2D eigenvalue weighted by molar-refractivity contribution is 7.20. The first-order chi connectivity index (χ1) is 12.6. The molecule has 0 saturated carbocycles. The van der Waals surface area contributed by atoms with E-state index in [2.05, 4.69) is 15.0 Å². The van der Waals surface area contributed by atoms with E-state index in [0.29, 0.717) is 10.7 Å². The van der Waals surface area contributed by atoms with E-state index in [1.807, 2.05) is 6.92 Å². The van der Waals surface area contributed by atoms with Gasteiger partial charge in [-0.3, -0.25) is 4.79 Å². The van der Waals surface area contributed by atoms with Crippen LogP contribution in [-0.2, 0) is 6.42 Å². The van der Waals surface area contributed by atoms with E-state index >= 15 is 0 Å². The summed E-state index contributed by atoms with van der Waals surface area (Å²) in [5, 5.41) is 5.24. The Kier molecular flexibility index (Phi) is 4.58. The van der Waals surface area contributed by atoms with Crippen molar-refractivity contribution in [1.82, 2.24) is 14.6 Å². The summed E-state index contributed by atoms with van der Waals surface area (Å²) in [5.74, 6) is 0.422. The first-order valence-electron chi connectivity index (χ1n) is 8.69. The molecule has 3 aromatic rings. The Hall–Kier alpha value is -2.48. The van der Waals surface area contributed by atoms with Gasteiger partial charge in [-0.2, -0.15) is 4.52 Å². The number of nitrogens with zero attached hydrogens (tertiary/aromatic N) is 4. The van der Waals surface area contributed by atoms with Gasteiger partial charge in [0.1, 0.15) is 17.7 Å². The SMILES string of the molecule is CCc1cc(=O)n2nc(N3CCC(Oc4ccc(F)cc4)CC3)sc2n1. The molecule has 8 heteroatoms. The molecule has 0 aliphatic carbocycles. The van der Waals surface area contributed by atoms with Crippen molar-refractivity contribution in [2.24, 2.45) is 0 Å². The predicted molar refractivity (Wildman–Crippen MR) is 98.8 cm³/mol. The van der Waals surface area contributed by atoms with Crippen LogP contribution in [0.1, 0.15) is 25.5 Å². The van der Waals surface area contributed by atoms with Crippen LogP contribution < -0.4 is 15.2 Å². The van der Waals surface area contributed by atoms with E-state index in [9.17, 15) is 9.18 Å². The molecular weight excluding hydrogens is 355 g/mol. The van der Waals surface area contributed by atoms with Crippen LogP contribution in [0.25, 0.3) is 4.96 Å². The van der Waals surface area contributed by atoms with Gasteiger partial charge in [0.05, 0.1) is 0 Å². The highest BCUT2D eigenvalue weighted by atomic mass is 32.1. The zero-order valence-corrected chi connectivity index (χ0v) is 15.2. The number of fused-ring (bicyclic) bond motifs is 1. The van der Waals surface area contributed by atoms with Crippen LogP contribution in [0.2, 0.25) is 0 Å². The number of aryl methyl sites for hydroxylation is 1. The van der Waals surface area contributed by atoms with Gasteiger partial charge in [0.15, 0.2) is 0 Å². The molecule has 0 unspecified atom stereocenters. The van der Waals surface area contributed by atoms with Crippen LogP contribution in [0, 0.1) is 5.82 Å². The van der Waals surface area contributed by atoms with Crippen molar-refractivity contribution >= 4 is 21.4 Å². The minimum atomic E-state index is -0.266. The highest BCUT2D eigenvalue weighted by Crippen LogP contribution is 2.26. The smallest absolute Gasteiger partial charge is 0.275 e. The number of halogens is 1. The van der Waals surface area contributed by atoms with Crippen LogP contribution in [0.15, 0.2) is 35.1 Å². The summed E-state index contributed by atoms with van der Waals surface area (Å²) in [6, 6.07) is 7.65. The van der Waals surface area contributed by atoms with Crippen molar-refractivity contribution in [2.45, 2.75) is 32.3 Å². The largest absolute Gasteiger partial charge is 0.490 e. The monoisotopic (exact) mass is 374 g/mol. The molecule has 1 saturated heterocycles. The average Bonchev–Trinajstić information content (AvgIpc) is 3.09. The number of hydrogen-bond acceptors (Lipinski definition) is 6. The minimum absolute atomic E-state index is 0.0960. The standard InChI is InChI=1S/C18H19FN4O2S/c1-2-13-11-16(24)23-17(20-13)26-18(21-23)22-9-7-15(8-10-22)25-14-5-3-12(19)4-6-14/h3-6,11,15H,2,7-10H2,1H3. The maximum absolute atomic E-state index is 13.0. The maximum Gasteiger partial charge on any atom is 0.275 e. The van der Waals surface area contributed by atoms with E-state index < -0.39 is 0 Å². The maximum atomic E-state index is 13.0. The normalized spacial score (nSPS) is 15.5. The Bertz CT molecular complexity index is 961. The molecule has 0 bridgehead atoms. The molecule has 6 nitrogen and oxygen atoms in total. The summed E-state index contributed by atoms with van der Waals surface area (Å²) < 4.78 is 20.3. The summed E-state index contributed by atoms with van der Waals surface area (Å²) >= 11 is 1.44. The van der Waals surface area contributed by atoms with E-state index in [-0.39, 0.29) is 17.5 Å². The molecule has 1 aromatic carbocycles. The van der Waals surface area contributed by atoms with Gasteiger partial charge < -0.3 is 9.64 Å². The summed E-state index contributed by atoms with van der Waals surface area (Å²) in [5.41, 5.74) is 0.653. The fourth-order valence-electron chi connectivity index (χ4n) is 3.03. The second kappa shape index (κ2) is 7.03. The molecule has 0 atom stereocenters. The molecule has 4 rings (SSSR count). The molecule has 136 valence electrons. The third-order valence-corrected chi connectivity index (χ3v) is 5.45. The van der Waals surface area contributed by atoms with Crippen molar-refractivity contribution in [3.8, 4) is 5.75 Å². The Labute approximate surface area is 153 Å². The second-order valence-corrected chi connectivity index (χ2v) is 7.21. The number of rotatable bonds is 4. The van der Waals surface area contributed by atoms with E-state index in [1.165, 1.54) is 28.0 Å². The predicted octanol–water partition coefficient (Wildman–Crippen LogP) is 2.90. The molecule has 1 aliphatic rings. The van der Waals surface area contributed by atoms with Gasteiger partial charge in [-0.25, -0.2) is 9.37 Å². The van der Waals surface area contributed by atoms with Gasteiger partial charge in [0.25, 0.3) is 5.56 Å². The molecule has 0 N–H and O–H groups in total. The highest BCUT2D eigenvalue weighted by Gasteiger charge is 2.23. The Balaban J connectivity index is 1.44. The number of ether oxygens (including phenoxy) is 1. The number of hydrogen-bond donors (Lipinski definition) is 0. The zero-order chi connectivity index (χ0) is 18.1. The van der Waals surface area contributed by atoms with Crippen molar-refractivity contribution in [1.29, 1.82) is 0 Å². The molecular formula is C18H19FN4O2S. The molecule has 1 aliphatic heterocycles. The average molecular weight is 374 g/mol. The summed E-state index contributed by atoms with van der Waals surface area (Å²) in [4.78, 5) is 19.4. The number of benzene rings is 1. The Morgan fingerprint density at radius 1 is 1.27 bits per heavy atom. The third-order valence-electron chi connectivity index (χ3n) is 4.48. The van der Waals surface area contributed by atoms with Crippen LogP contribution in [-0.4, -0.2) is 33.8 Å². The molecule has 0 radical (unpaired) electrons. The van der Waals surface area contributed by atoms with Crippen LogP contribution in [0.4, 0.5) is 9.52 Å². The van der Waals surface area contributed by atoms with Gasteiger partial charge in [-0.05, 0) is 30.7 Å². The van der Waals surface area contributed by atoms with Gasteiger partial charge >= 0.3 is 0 Å². The van der Waals surface area contributed by atoms with E-state index in [0.717, 1.165) is 43.2 Å². The lowest BCUT2D eigenvalue weighted by atomic mass is 10.1. The second-order valence-electron chi connectivity index (χ2n) is 6.28. The van der Waals surface area contributed by atoms with Gasteiger partial charge in [0, 0.05) is 37.7 Å². The van der Waals surface area contributed by atoms with Gasteiger partial charge in [-0.15, -0.1) is 5.10 Å². The number of anilines is 1. The number of piperidine rings is 1. The van der Waals surface area contributed by atoms with Crippen molar-refractivity contribution in [2.75, 3.05) is 18.0 Å². The molecule has 0 amide bonds. The van der Waals surface area contributed by atoms with E-state index in [4.69, 9.17) is 4.74 Å².